The molecule has 1 aliphatic heterocycles. The van der Waals surface area contributed by atoms with Crippen molar-refractivity contribution in [2.24, 2.45) is 5.92 Å². The summed E-state index contributed by atoms with van der Waals surface area (Å²) in [5, 5.41) is 9.46. The van der Waals surface area contributed by atoms with Crippen molar-refractivity contribution in [2.75, 3.05) is 20.3 Å². The molecule has 2 rings (SSSR count). The van der Waals surface area contributed by atoms with Crippen molar-refractivity contribution in [1.82, 2.24) is 4.90 Å². The molecule has 2 atom stereocenters. The normalized spacial score (nSPS) is 21.9. The third-order valence-corrected chi connectivity index (χ3v) is 3.96. The molecule has 1 aromatic rings. The van der Waals surface area contributed by atoms with E-state index >= 15 is 0 Å². The first-order valence-corrected chi connectivity index (χ1v) is 7.31. The lowest BCUT2D eigenvalue weighted by Crippen LogP contribution is -2.46. The number of carbonyl (C=O) groups excluding carboxylic acids is 1. The van der Waals surface area contributed by atoms with Crippen molar-refractivity contribution < 1.29 is 23.8 Å². The third-order valence-electron chi connectivity index (χ3n) is 3.96. The van der Waals surface area contributed by atoms with E-state index in [1.165, 1.54) is 18.2 Å². The minimum atomic E-state index is -0.960. The Kier molecular flexibility index (Phi) is 5.49. The van der Waals surface area contributed by atoms with Gasteiger partial charge < -0.3 is 14.7 Å². The number of carbonyl (C=O) groups is 2. The Labute approximate surface area is 128 Å². The van der Waals surface area contributed by atoms with Crippen molar-refractivity contribution in [1.29, 1.82) is 0 Å². The highest BCUT2D eigenvalue weighted by Gasteiger charge is 2.40. The molecule has 1 N–H and O–H groups in total. The molecule has 0 unspecified atom stereocenters. The Bertz CT molecular complexity index is 549. The van der Waals surface area contributed by atoms with Gasteiger partial charge in [-0.2, -0.15) is 0 Å². The number of benzene rings is 1. The van der Waals surface area contributed by atoms with E-state index in [0.29, 0.717) is 25.1 Å². The number of nitrogens with zero attached hydrogens (tertiary/aromatic N) is 1. The van der Waals surface area contributed by atoms with Crippen LogP contribution in [0.15, 0.2) is 24.3 Å². The Morgan fingerprint density at radius 1 is 1.50 bits per heavy atom. The van der Waals surface area contributed by atoms with Gasteiger partial charge in [-0.05, 0) is 30.5 Å². The number of rotatable bonds is 6. The number of amides is 1. The van der Waals surface area contributed by atoms with Crippen molar-refractivity contribution in [3.63, 3.8) is 0 Å². The second kappa shape index (κ2) is 7.35. The minimum absolute atomic E-state index is 0.0946. The molecule has 1 aromatic carbocycles. The van der Waals surface area contributed by atoms with Gasteiger partial charge in [0.05, 0.1) is 12.0 Å². The highest BCUT2D eigenvalue weighted by atomic mass is 19.1. The van der Waals surface area contributed by atoms with Gasteiger partial charge in [0.15, 0.2) is 0 Å². The molecular formula is C16H20FNO4. The van der Waals surface area contributed by atoms with E-state index in [0.717, 1.165) is 0 Å². The Balaban J connectivity index is 2.32. The largest absolute Gasteiger partial charge is 0.481 e. The van der Waals surface area contributed by atoms with E-state index in [1.54, 1.807) is 18.1 Å². The molecule has 0 bridgehead atoms. The van der Waals surface area contributed by atoms with Crippen LogP contribution in [0.25, 0.3) is 0 Å². The molecule has 0 saturated carbocycles. The van der Waals surface area contributed by atoms with Crippen LogP contribution in [0.3, 0.4) is 0 Å². The summed E-state index contributed by atoms with van der Waals surface area (Å²) in [5.41, 5.74) is 0.526. The molecule has 1 fully saturated rings. The number of methoxy groups -OCH3 is 1. The van der Waals surface area contributed by atoms with Crippen molar-refractivity contribution in [2.45, 2.75) is 25.3 Å². The summed E-state index contributed by atoms with van der Waals surface area (Å²) >= 11 is 0. The van der Waals surface area contributed by atoms with E-state index in [9.17, 15) is 19.1 Å². The van der Waals surface area contributed by atoms with Gasteiger partial charge in [0.1, 0.15) is 5.82 Å². The maximum atomic E-state index is 13.5. The second-order valence-corrected chi connectivity index (χ2v) is 5.42. The van der Waals surface area contributed by atoms with Crippen LogP contribution in [0, 0.1) is 11.7 Å². The van der Waals surface area contributed by atoms with Crippen LogP contribution >= 0.6 is 0 Å². The molecule has 1 amide bonds. The van der Waals surface area contributed by atoms with E-state index in [-0.39, 0.29) is 18.7 Å². The van der Waals surface area contributed by atoms with Crippen LogP contribution in [0.4, 0.5) is 4.39 Å². The molecule has 6 heteroatoms. The molecule has 5 nitrogen and oxygen atoms in total. The SMILES string of the molecule is COCCCN1C(=O)CC[C@@H](C(=O)O)[C@H]1c1cccc(F)c1. The predicted octanol–water partition coefficient (Wildman–Crippen LogP) is 2.23. The number of piperidine rings is 1. The van der Waals surface area contributed by atoms with Gasteiger partial charge in [-0.25, -0.2) is 4.39 Å². The monoisotopic (exact) mass is 309 g/mol. The zero-order valence-corrected chi connectivity index (χ0v) is 12.5. The van der Waals surface area contributed by atoms with Crippen LogP contribution in [0.5, 0.6) is 0 Å². The van der Waals surface area contributed by atoms with Crippen LogP contribution < -0.4 is 0 Å². The Hall–Kier alpha value is -1.95. The summed E-state index contributed by atoms with van der Waals surface area (Å²) in [6.45, 7) is 0.884. The van der Waals surface area contributed by atoms with Gasteiger partial charge in [-0.1, -0.05) is 12.1 Å². The lowest BCUT2D eigenvalue weighted by atomic mass is 9.84. The number of halogens is 1. The average Bonchev–Trinajstić information content (AvgIpc) is 2.48. The number of aliphatic carboxylic acids is 1. The van der Waals surface area contributed by atoms with E-state index in [2.05, 4.69) is 0 Å². The summed E-state index contributed by atoms with van der Waals surface area (Å²) in [6.07, 6.45) is 1.09. The molecule has 0 radical (unpaired) electrons. The summed E-state index contributed by atoms with van der Waals surface area (Å²) in [7, 11) is 1.57. The number of ether oxygens (including phenoxy) is 1. The Morgan fingerprint density at radius 3 is 2.91 bits per heavy atom. The highest BCUT2D eigenvalue weighted by molar-refractivity contribution is 5.81. The topological polar surface area (TPSA) is 66.8 Å². The zero-order chi connectivity index (χ0) is 16.1. The number of likely N-dealkylation sites (tertiary alicyclic amines) is 1. The number of carboxylic acid groups (broad SMARTS) is 1. The lowest BCUT2D eigenvalue weighted by molar-refractivity contribution is -0.152. The number of hydrogen-bond acceptors (Lipinski definition) is 3. The highest BCUT2D eigenvalue weighted by Crippen LogP contribution is 2.37. The molecule has 0 aromatic heterocycles. The molecule has 120 valence electrons. The maximum Gasteiger partial charge on any atom is 0.308 e. The fourth-order valence-electron chi connectivity index (χ4n) is 2.96. The minimum Gasteiger partial charge on any atom is -0.481 e. The van der Waals surface area contributed by atoms with E-state index in [1.807, 2.05) is 0 Å². The summed E-state index contributed by atoms with van der Waals surface area (Å²) in [4.78, 5) is 25.3. The van der Waals surface area contributed by atoms with Gasteiger partial charge in [-0.3, -0.25) is 9.59 Å². The predicted molar refractivity (Wildman–Crippen MR) is 77.7 cm³/mol. The molecule has 0 aliphatic carbocycles. The molecular weight excluding hydrogens is 289 g/mol. The van der Waals surface area contributed by atoms with Crippen LogP contribution in [0.2, 0.25) is 0 Å². The van der Waals surface area contributed by atoms with Crippen LogP contribution in [-0.4, -0.2) is 42.1 Å². The molecule has 22 heavy (non-hydrogen) atoms. The van der Waals surface area contributed by atoms with Gasteiger partial charge in [0.2, 0.25) is 5.91 Å². The summed E-state index contributed by atoms with van der Waals surface area (Å²) < 4.78 is 18.5. The summed E-state index contributed by atoms with van der Waals surface area (Å²) in [6, 6.07) is 5.19. The van der Waals surface area contributed by atoms with E-state index < -0.39 is 23.7 Å². The van der Waals surface area contributed by atoms with Crippen molar-refractivity contribution in [3.05, 3.63) is 35.6 Å². The molecule has 1 aliphatic rings. The van der Waals surface area contributed by atoms with Gasteiger partial charge in [-0.15, -0.1) is 0 Å². The number of carboxylic acids is 1. The first-order valence-electron chi connectivity index (χ1n) is 7.31. The van der Waals surface area contributed by atoms with Crippen molar-refractivity contribution >= 4 is 11.9 Å². The van der Waals surface area contributed by atoms with Gasteiger partial charge in [0.25, 0.3) is 0 Å². The maximum absolute atomic E-state index is 13.5. The van der Waals surface area contributed by atoms with Gasteiger partial charge >= 0.3 is 5.97 Å². The van der Waals surface area contributed by atoms with Crippen LogP contribution in [0.1, 0.15) is 30.9 Å². The number of hydrogen-bond donors (Lipinski definition) is 1. The first-order chi connectivity index (χ1) is 10.5. The zero-order valence-electron chi connectivity index (χ0n) is 12.5. The lowest BCUT2D eigenvalue weighted by Gasteiger charge is -2.40. The smallest absolute Gasteiger partial charge is 0.308 e. The van der Waals surface area contributed by atoms with E-state index in [4.69, 9.17) is 4.74 Å². The second-order valence-electron chi connectivity index (χ2n) is 5.42. The summed E-state index contributed by atoms with van der Waals surface area (Å²) in [5.74, 6) is -2.21. The fraction of sp³-hybridized carbons (Fsp3) is 0.500. The average molecular weight is 309 g/mol. The van der Waals surface area contributed by atoms with Crippen LogP contribution in [-0.2, 0) is 14.3 Å². The van der Waals surface area contributed by atoms with Crippen molar-refractivity contribution in [3.8, 4) is 0 Å². The third kappa shape index (κ3) is 3.62. The fourth-order valence-corrected chi connectivity index (χ4v) is 2.96. The quantitative estimate of drug-likeness (QED) is 0.818. The molecule has 1 saturated heterocycles. The molecule has 0 spiro atoms. The Morgan fingerprint density at radius 2 is 2.27 bits per heavy atom. The standard InChI is InChI=1S/C16H20FNO4/c1-22-9-3-8-18-14(19)7-6-13(16(20)21)15(18)11-4-2-5-12(17)10-11/h2,4-5,10,13,15H,3,6-9H2,1H3,(H,20,21)/t13-,15-/m1/s1. The van der Waals surface area contributed by atoms with Gasteiger partial charge in [0, 0.05) is 26.7 Å². The first kappa shape index (κ1) is 16.4. The molecule has 1 heterocycles.